The molecule has 1 aliphatic carbocycles. The topological polar surface area (TPSA) is 87.7 Å². The predicted molar refractivity (Wildman–Crippen MR) is 73.0 cm³/mol. The van der Waals surface area contributed by atoms with Gasteiger partial charge in [0.2, 0.25) is 5.91 Å². The molecule has 0 bridgehead atoms. The summed E-state index contributed by atoms with van der Waals surface area (Å²) in [6, 6.07) is 7.48. The molecule has 1 aromatic rings. The van der Waals surface area contributed by atoms with Gasteiger partial charge < -0.3 is 16.3 Å². The molecule has 19 heavy (non-hydrogen) atoms. The molecule has 1 saturated carbocycles. The Hall–Kier alpha value is -2.04. The van der Waals surface area contributed by atoms with E-state index in [1.165, 1.54) is 0 Å². The van der Waals surface area contributed by atoms with E-state index >= 15 is 0 Å². The smallest absolute Gasteiger partial charge is 0.224 e. The van der Waals surface area contributed by atoms with Gasteiger partial charge in [0.1, 0.15) is 0 Å². The molecule has 0 aliphatic heterocycles. The number of oxime groups is 1. The number of rotatable bonds is 5. The maximum atomic E-state index is 11.8. The van der Waals surface area contributed by atoms with Crippen molar-refractivity contribution >= 4 is 11.7 Å². The van der Waals surface area contributed by atoms with E-state index in [0.29, 0.717) is 23.9 Å². The summed E-state index contributed by atoms with van der Waals surface area (Å²) in [7, 11) is 0. The number of hydrogen-bond acceptors (Lipinski definition) is 3. The van der Waals surface area contributed by atoms with Gasteiger partial charge >= 0.3 is 0 Å². The minimum atomic E-state index is 0.0532. The zero-order valence-corrected chi connectivity index (χ0v) is 11.0. The average molecular weight is 261 g/mol. The average Bonchev–Trinajstić information content (AvgIpc) is 3.16. The molecule has 1 fully saturated rings. The van der Waals surface area contributed by atoms with Crippen LogP contribution in [-0.2, 0) is 11.2 Å². The van der Waals surface area contributed by atoms with Crippen LogP contribution in [0.3, 0.4) is 0 Å². The molecule has 0 aromatic heterocycles. The summed E-state index contributed by atoms with van der Waals surface area (Å²) in [6.45, 7) is 2.14. The van der Waals surface area contributed by atoms with Crippen molar-refractivity contribution in [3.05, 3.63) is 35.4 Å². The molecule has 1 aliphatic rings. The molecule has 0 heterocycles. The third-order valence-electron chi connectivity index (χ3n) is 3.52. The lowest BCUT2D eigenvalue weighted by atomic mass is 10.1. The number of amidine groups is 1. The fourth-order valence-corrected chi connectivity index (χ4v) is 2.17. The Labute approximate surface area is 112 Å². The Morgan fingerprint density at radius 3 is 2.68 bits per heavy atom. The van der Waals surface area contributed by atoms with Gasteiger partial charge in [-0.15, -0.1) is 0 Å². The summed E-state index contributed by atoms with van der Waals surface area (Å²) in [5.74, 6) is 0.782. The molecule has 2 atom stereocenters. The Balaban J connectivity index is 1.87. The molecule has 102 valence electrons. The minimum absolute atomic E-state index is 0.0532. The Morgan fingerprint density at radius 1 is 1.47 bits per heavy atom. The maximum Gasteiger partial charge on any atom is 0.224 e. The highest BCUT2D eigenvalue weighted by molar-refractivity contribution is 5.97. The van der Waals surface area contributed by atoms with Crippen LogP contribution in [0.5, 0.6) is 0 Å². The number of carbonyl (C=O) groups is 1. The van der Waals surface area contributed by atoms with Crippen LogP contribution in [0, 0.1) is 5.92 Å². The fraction of sp³-hybridized carbons (Fsp3) is 0.429. The van der Waals surface area contributed by atoms with E-state index in [-0.39, 0.29) is 11.7 Å². The quantitative estimate of drug-likeness (QED) is 0.322. The first-order valence-electron chi connectivity index (χ1n) is 6.50. The predicted octanol–water partition coefficient (Wildman–Crippen LogP) is 1.24. The van der Waals surface area contributed by atoms with Crippen molar-refractivity contribution < 1.29 is 10.0 Å². The first-order valence-corrected chi connectivity index (χ1v) is 6.50. The second kappa shape index (κ2) is 5.73. The highest BCUT2D eigenvalue weighted by atomic mass is 16.4. The Kier molecular flexibility index (Phi) is 4.04. The zero-order valence-electron chi connectivity index (χ0n) is 11.0. The van der Waals surface area contributed by atoms with Crippen molar-refractivity contribution in [1.82, 2.24) is 5.32 Å². The van der Waals surface area contributed by atoms with E-state index in [4.69, 9.17) is 10.9 Å². The van der Waals surface area contributed by atoms with E-state index in [2.05, 4.69) is 17.4 Å². The molecule has 0 spiro atoms. The van der Waals surface area contributed by atoms with Gasteiger partial charge in [0.25, 0.3) is 0 Å². The number of carbonyl (C=O) groups excluding carboxylic acids is 1. The van der Waals surface area contributed by atoms with Crippen molar-refractivity contribution in [3.8, 4) is 0 Å². The van der Waals surface area contributed by atoms with Gasteiger partial charge in [-0.25, -0.2) is 0 Å². The first kappa shape index (κ1) is 13.4. The number of nitrogens with one attached hydrogen (secondary N) is 1. The molecule has 0 saturated heterocycles. The van der Waals surface area contributed by atoms with Crippen LogP contribution >= 0.6 is 0 Å². The summed E-state index contributed by atoms with van der Waals surface area (Å²) in [4.78, 5) is 11.8. The van der Waals surface area contributed by atoms with Crippen LogP contribution in [0.4, 0.5) is 0 Å². The molecule has 0 radical (unpaired) electrons. The normalized spacial score (nSPS) is 22.1. The zero-order chi connectivity index (χ0) is 13.8. The Bertz CT molecular complexity index is 482. The SMILES string of the molecule is CCC1CC1NC(=O)Cc1ccc(/C(N)=N/O)cc1. The molecule has 2 unspecified atom stereocenters. The number of hydrogen-bond donors (Lipinski definition) is 3. The van der Waals surface area contributed by atoms with Gasteiger partial charge in [-0.2, -0.15) is 0 Å². The summed E-state index contributed by atoms with van der Waals surface area (Å²) in [5, 5.41) is 14.5. The monoisotopic (exact) mass is 261 g/mol. The second-order valence-electron chi connectivity index (χ2n) is 4.94. The van der Waals surface area contributed by atoms with E-state index in [1.54, 1.807) is 12.1 Å². The molecule has 5 nitrogen and oxygen atoms in total. The van der Waals surface area contributed by atoms with E-state index in [0.717, 1.165) is 18.4 Å². The molecule has 4 N–H and O–H groups in total. The third-order valence-corrected chi connectivity index (χ3v) is 3.52. The van der Waals surface area contributed by atoms with Gasteiger partial charge in [-0.05, 0) is 17.9 Å². The van der Waals surface area contributed by atoms with Crippen LogP contribution in [-0.4, -0.2) is 23.0 Å². The van der Waals surface area contributed by atoms with E-state index in [1.807, 2.05) is 12.1 Å². The van der Waals surface area contributed by atoms with Crippen LogP contribution in [0.1, 0.15) is 30.9 Å². The lowest BCUT2D eigenvalue weighted by molar-refractivity contribution is -0.120. The number of nitrogens with two attached hydrogens (primary N) is 1. The fourth-order valence-electron chi connectivity index (χ4n) is 2.17. The van der Waals surface area contributed by atoms with Gasteiger partial charge in [-0.1, -0.05) is 42.8 Å². The maximum absolute atomic E-state index is 11.8. The van der Waals surface area contributed by atoms with Gasteiger partial charge in [0.05, 0.1) is 6.42 Å². The molecule has 2 rings (SSSR count). The van der Waals surface area contributed by atoms with Gasteiger partial charge in [-0.3, -0.25) is 4.79 Å². The largest absolute Gasteiger partial charge is 0.409 e. The summed E-state index contributed by atoms with van der Waals surface area (Å²) in [5.41, 5.74) is 7.03. The van der Waals surface area contributed by atoms with Crippen molar-refractivity contribution in [2.24, 2.45) is 16.8 Å². The standard InChI is InChI=1S/C14H19N3O2/c1-2-10-8-12(10)16-13(18)7-9-3-5-11(6-4-9)14(15)17-19/h3-6,10,12,19H,2,7-8H2,1H3,(H2,15,17)(H,16,18). The molecular weight excluding hydrogens is 242 g/mol. The molecular formula is C14H19N3O2. The lowest BCUT2D eigenvalue weighted by Crippen LogP contribution is -2.28. The van der Waals surface area contributed by atoms with Crippen molar-refractivity contribution in [3.63, 3.8) is 0 Å². The number of benzene rings is 1. The highest BCUT2D eigenvalue weighted by Crippen LogP contribution is 2.33. The number of amides is 1. The summed E-state index contributed by atoms with van der Waals surface area (Å²) in [6.07, 6.45) is 2.59. The van der Waals surface area contributed by atoms with Crippen LogP contribution in [0.15, 0.2) is 29.4 Å². The van der Waals surface area contributed by atoms with Crippen molar-refractivity contribution in [2.75, 3.05) is 0 Å². The summed E-state index contributed by atoms with van der Waals surface area (Å²) >= 11 is 0. The van der Waals surface area contributed by atoms with Crippen LogP contribution in [0.25, 0.3) is 0 Å². The highest BCUT2D eigenvalue weighted by Gasteiger charge is 2.36. The van der Waals surface area contributed by atoms with Gasteiger partial charge in [0.15, 0.2) is 5.84 Å². The molecule has 1 amide bonds. The van der Waals surface area contributed by atoms with E-state index < -0.39 is 0 Å². The van der Waals surface area contributed by atoms with Crippen LogP contribution < -0.4 is 11.1 Å². The van der Waals surface area contributed by atoms with E-state index in [9.17, 15) is 4.79 Å². The second-order valence-corrected chi connectivity index (χ2v) is 4.94. The molecule has 1 aromatic carbocycles. The van der Waals surface area contributed by atoms with Crippen LogP contribution in [0.2, 0.25) is 0 Å². The van der Waals surface area contributed by atoms with Crippen molar-refractivity contribution in [2.45, 2.75) is 32.2 Å². The lowest BCUT2D eigenvalue weighted by Gasteiger charge is -2.05. The minimum Gasteiger partial charge on any atom is -0.409 e. The Morgan fingerprint density at radius 2 is 2.16 bits per heavy atom. The first-order chi connectivity index (χ1) is 9.13. The third kappa shape index (κ3) is 3.47. The molecule has 5 heteroatoms. The van der Waals surface area contributed by atoms with Gasteiger partial charge in [0, 0.05) is 11.6 Å². The van der Waals surface area contributed by atoms with Crippen molar-refractivity contribution in [1.29, 1.82) is 0 Å². The summed E-state index contributed by atoms with van der Waals surface area (Å²) < 4.78 is 0. The number of nitrogens with zero attached hydrogens (tertiary/aromatic N) is 1.